The molecule has 112 valence electrons. The minimum absolute atomic E-state index is 0.209. The molecule has 1 aromatic carbocycles. The lowest BCUT2D eigenvalue weighted by atomic mass is 10.1. The largest absolute Gasteiger partial charge is 0.573 e. The van der Waals surface area contributed by atoms with Gasteiger partial charge in [-0.25, -0.2) is 4.39 Å². The summed E-state index contributed by atoms with van der Waals surface area (Å²) in [6.45, 7) is 4.51. The number of nitrogens with zero attached hydrogens (tertiary/aromatic N) is 1. The van der Waals surface area contributed by atoms with Crippen molar-refractivity contribution in [2.45, 2.75) is 25.9 Å². The fourth-order valence-corrected chi connectivity index (χ4v) is 2.28. The SMILES string of the molecule is C[C@H]1CN(Cc2cccc(OC(F)(F)F)c2F)CCN1. The van der Waals surface area contributed by atoms with Crippen LogP contribution in [0.15, 0.2) is 18.2 Å². The summed E-state index contributed by atoms with van der Waals surface area (Å²) >= 11 is 0. The first-order valence-corrected chi connectivity index (χ1v) is 6.34. The van der Waals surface area contributed by atoms with Crippen molar-refractivity contribution in [3.05, 3.63) is 29.6 Å². The van der Waals surface area contributed by atoms with Crippen molar-refractivity contribution in [3.8, 4) is 5.75 Å². The van der Waals surface area contributed by atoms with E-state index in [4.69, 9.17) is 0 Å². The van der Waals surface area contributed by atoms with Gasteiger partial charge in [0.1, 0.15) is 0 Å². The summed E-state index contributed by atoms with van der Waals surface area (Å²) in [4.78, 5) is 2.00. The molecule has 0 unspecified atom stereocenters. The first-order chi connectivity index (χ1) is 9.35. The van der Waals surface area contributed by atoms with Gasteiger partial charge in [0.15, 0.2) is 11.6 Å². The quantitative estimate of drug-likeness (QED) is 0.866. The van der Waals surface area contributed by atoms with Crippen molar-refractivity contribution >= 4 is 0 Å². The van der Waals surface area contributed by atoms with E-state index in [2.05, 4.69) is 10.1 Å². The van der Waals surface area contributed by atoms with E-state index in [1.165, 1.54) is 12.1 Å². The summed E-state index contributed by atoms with van der Waals surface area (Å²) in [7, 11) is 0. The minimum atomic E-state index is -4.89. The summed E-state index contributed by atoms with van der Waals surface area (Å²) in [6.07, 6.45) is -4.89. The standard InChI is InChI=1S/C13H16F4N2O/c1-9-7-19(6-5-18-9)8-10-3-2-4-11(12(10)14)20-13(15,16)17/h2-4,9,18H,5-8H2,1H3/t9-/m0/s1. The molecule has 1 aliphatic heterocycles. The number of piperazine rings is 1. The predicted molar refractivity (Wildman–Crippen MR) is 65.8 cm³/mol. The molecular formula is C13H16F4N2O. The number of nitrogens with one attached hydrogen (secondary N) is 1. The lowest BCUT2D eigenvalue weighted by Crippen LogP contribution is -2.48. The van der Waals surface area contributed by atoms with Gasteiger partial charge >= 0.3 is 6.36 Å². The van der Waals surface area contributed by atoms with Gasteiger partial charge in [-0.2, -0.15) is 0 Å². The van der Waals surface area contributed by atoms with Gasteiger partial charge in [-0.05, 0) is 13.0 Å². The van der Waals surface area contributed by atoms with Crippen LogP contribution in [-0.2, 0) is 6.54 Å². The van der Waals surface area contributed by atoms with Crippen molar-refractivity contribution in [1.82, 2.24) is 10.2 Å². The number of ether oxygens (including phenoxy) is 1. The number of halogens is 4. The lowest BCUT2D eigenvalue weighted by molar-refractivity contribution is -0.275. The van der Waals surface area contributed by atoms with E-state index in [1.54, 1.807) is 0 Å². The Bertz CT molecular complexity index is 464. The second kappa shape index (κ2) is 5.97. The Kier molecular flexibility index (Phi) is 4.49. The van der Waals surface area contributed by atoms with Crippen LogP contribution in [0.5, 0.6) is 5.75 Å². The molecule has 2 rings (SSSR count). The summed E-state index contributed by atoms with van der Waals surface area (Å²) < 4.78 is 54.1. The summed E-state index contributed by atoms with van der Waals surface area (Å²) in [5.41, 5.74) is 0.209. The molecular weight excluding hydrogens is 276 g/mol. The highest BCUT2D eigenvalue weighted by Gasteiger charge is 2.32. The second-order valence-corrected chi connectivity index (χ2v) is 4.87. The maximum absolute atomic E-state index is 14.0. The van der Waals surface area contributed by atoms with Crippen LogP contribution in [0.25, 0.3) is 0 Å². The fraction of sp³-hybridized carbons (Fsp3) is 0.538. The second-order valence-electron chi connectivity index (χ2n) is 4.87. The molecule has 1 heterocycles. The van der Waals surface area contributed by atoms with Crippen LogP contribution in [0.1, 0.15) is 12.5 Å². The molecule has 1 atom stereocenters. The molecule has 0 bridgehead atoms. The van der Waals surface area contributed by atoms with Gasteiger partial charge in [0.05, 0.1) is 0 Å². The number of rotatable bonds is 3. The third-order valence-corrected chi connectivity index (χ3v) is 3.12. The van der Waals surface area contributed by atoms with Gasteiger partial charge in [0.2, 0.25) is 0 Å². The third-order valence-electron chi connectivity index (χ3n) is 3.12. The maximum Gasteiger partial charge on any atom is 0.573 e. The van der Waals surface area contributed by atoms with E-state index >= 15 is 0 Å². The van der Waals surface area contributed by atoms with Gasteiger partial charge < -0.3 is 10.1 Å². The number of hydrogen-bond donors (Lipinski definition) is 1. The molecule has 3 nitrogen and oxygen atoms in total. The molecule has 0 amide bonds. The average molecular weight is 292 g/mol. The molecule has 20 heavy (non-hydrogen) atoms. The van der Waals surface area contributed by atoms with Crippen LogP contribution >= 0.6 is 0 Å². The Morgan fingerprint density at radius 3 is 2.80 bits per heavy atom. The van der Waals surface area contributed by atoms with Gasteiger partial charge in [-0.15, -0.1) is 13.2 Å². The maximum atomic E-state index is 14.0. The molecule has 1 saturated heterocycles. The Balaban J connectivity index is 2.10. The highest BCUT2D eigenvalue weighted by molar-refractivity contribution is 5.31. The van der Waals surface area contributed by atoms with Crippen LogP contribution in [0.2, 0.25) is 0 Å². The van der Waals surface area contributed by atoms with Gasteiger partial charge in [-0.3, -0.25) is 4.90 Å². The molecule has 0 spiro atoms. The van der Waals surface area contributed by atoms with Gasteiger partial charge in [0, 0.05) is 37.8 Å². The zero-order valence-electron chi connectivity index (χ0n) is 11.0. The zero-order valence-corrected chi connectivity index (χ0v) is 11.0. The normalized spacial score (nSPS) is 20.9. The summed E-state index contributed by atoms with van der Waals surface area (Å²) in [5.74, 6) is -1.73. The van der Waals surface area contributed by atoms with Crippen molar-refractivity contribution in [1.29, 1.82) is 0 Å². The molecule has 0 radical (unpaired) electrons. The Morgan fingerprint density at radius 1 is 1.40 bits per heavy atom. The molecule has 1 N–H and O–H groups in total. The number of alkyl halides is 3. The Hall–Kier alpha value is -1.34. The smallest absolute Gasteiger partial charge is 0.403 e. The summed E-state index contributed by atoms with van der Waals surface area (Å²) in [6, 6.07) is 4.10. The molecule has 1 aromatic rings. The van der Waals surface area contributed by atoms with E-state index in [1.807, 2.05) is 11.8 Å². The van der Waals surface area contributed by atoms with Crippen LogP contribution in [-0.4, -0.2) is 36.9 Å². The monoisotopic (exact) mass is 292 g/mol. The van der Waals surface area contributed by atoms with Crippen molar-refractivity contribution < 1.29 is 22.3 Å². The molecule has 0 aliphatic carbocycles. The van der Waals surface area contributed by atoms with Crippen LogP contribution in [0.3, 0.4) is 0 Å². The minimum Gasteiger partial charge on any atom is -0.403 e. The van der Waals surface area contributed by atoms with E-state index in [0.717, 1.165) is 25.7 Å². The van der Waals surface area contributed by atoms with Crippen LogP contribution < -0.4 is 10.1 Å². The van der Waals surface area contributed by atoms with Crippen molar-refractivity contribution in [3.63, 3.8) is 0 Å². The van der Waals surface area contributed by atoms with Gasteiger partial charge in [0.25, 0.3) is 0 Å². The highest BCUT2D eigenvalue weighted by Crippen LogP contribution is 2.27. The van der Waals surface area contributed by atoms with Crippen LogP contribution in [0.4, 0.5) is 17.6 Å². The van der Waals surface area contributed by atoms with E-state index < -0.39 is 17.9 Å². The number of hydrogen-bond acceptors (Lipinski definition) is 3. The first-order valence-electron chi connectivity index (χ1n) is 6.34. The van der Waals surface area contributed by atoms with E-state index in [-0.39, 0.29) is 18.2 Å². The summed E-state index contributed by atoms with van der Waals surface area (Å²) in [5, 5.41) is 3.25. The molecule has 0 saturated carbocycles. The zero-order chi connectivity index (χ0) is 14.8. The number of benzene rings is 1. The van der Waals surface area contributed by atoms with E-state index in [0.29, 0.717) is 0 Å². The first kappa shape index (κ1) is 15.1. The topological polar surface area (TPSA) is 24.5 Å². The molecule has 0 aromatic heterocycles. The fourth-order valence-electron chi connectivity index (χ4n) is 2.28. The lowest BCUT2D eigenvalue weighted by Gasteiger charge is -2.31. The molecule has 1 aliphatic rings. The predicted octanol–water partition coefficient (Wildman–Crippen LogP) is 2.52. The van der Waals surface area contributed by atoms with E-state index in [9.17, 15) is 17.6 Å². The molecule has 7 heteroatoms. The highest BCUT2D eigenvalue weighted by atomic mass is 19.4. The Labute approximate surface area is 114 Å². The van der Waals surface area contributed by atoms with Gasteiger partial charge in [-0.1, -0.05) is 12.1 Å². The van der Waals surface area contributed by atoms with Crippen molar-refractivity contribution in [2.75, 3.05) is 19.6 Å². The van der Waals surface area contributed by atoms with Crippen LogP contribution in [0, 0.1) is 5.82 Å². The molecule has 1 fully saturated rings. The van der Waals surface area contributed by atoms with Crippen molar-refractivity contribution in [2.24, 2.45) is 0 Å². The Morgan fingerprint density at radius 2 is 2.15 bits per heavy atom. The average Bonchev–Trinajstić information content (AvgIpc) is 2.33. The third kappa shape index (κ3) is 4.08.